The van der Waals surface area contributed by atoms with Gasteiger partial charge in [0.2, 0.25) is 0 Å². The molecule has 0 atom stereocenters. The van der Waals surface area contributed by atoms with Crippen LogP contribution in [0.5, 0.6) is 0 Å². The fraction of sp³-hybridized carbons (Fsp3) is 0.300. The maximum atomic E-state index is 6.47. The van der Waals surface area contributed by atoms with Crippen molar-refractivity contribution in [3.05, 3.63) is 75.8 Å². The fourth-order valence-electron chi connectivity index (χ4n) is 3.16. The van der Waals surface area contributed by atoms with Gasteiger partial charge in [-0.25, -0.2) is 0 Å². The molecule has 114 valence electrons. The van der Waals surface area contributed by atoms with Gasteiger partial charge in [-0.2, -0.15) is 0 Å². The number of rotatable bonds is 3. The summed E-state index contributed by atoms with van der Waals surface area (Å²) in [5.74, 6) is 0. The topological polar surface area (TPSA) is 3.24 Å². The number of aryl methyl sites for hydroxylation is 1. The summed E-state index contributed by atoms with van der Waals surface area (Å²) in [5.41, 5.74) is 6.72. The zero-order chi connectivity index (χ0) is 15.5. The normalized spacial score (nSPS) is 15.5. The zero-order valence-electron chi connectivity index (χ0n) is 13.3. The summed E-state index contributed by atoms with van der Waals surface area (Å²) in [6.45, 7) is 1.06. The minimum Gasteiger partial charge on any atom is -0.309 e. The lowest BCUT2D eigenvalue weighted by molar-refractivity contribution is 0.417. The SMILES string of the molecule is CN(C)CCC=C1c2ccccc2CCc2c(Cl)cccc21. The van der Waals surface area contributed by atoms with Crippen LogP contribution in [0.3, 0.4) is 0 Å². The van der Waals surface area contributed by atoms with Crippen LogP contribution in [0.2, 0.25) is 5.02 Å². The highest BCUT2D eigenvalue weighted by molar-refractivity contribution is 6.31. The van der Waals surface area contributed by atoms with Crippen molar-refractivity contribution in [1.82, 2.24) is 4.90 Å². The molecule has 1 aliphatic rings. The van der Waals surface area contributed by atoms with Crippen LogP contribution in [0, 0.1) is 0 Å². The van der Waals surface area contributed by atoms with Gasteiger partial charge in [-0.05, 0) is 67.3 Å². The standard InChI is InChI=1S/C20H22ClN/c1-22(2)14-6-10-17-16-8-4-3-7-15(16)12-13-19-18(17)9-5-11-20(19)21/h3-5,7-11H,6,12-14H2,1-2H3. The predicted octanol–water partition coefficient (Wildman–Crippen LogP) is 4.82. The molecular weight excluding hydrogens is 290 g/mol. The Bertz CT molecular complexity index is 701. The molecule has 2 aromatic rings. The Balaban J connectivity index is 2.11. The van der Waals surface area contributed by atoms with Crippen molar-refractivity contribution in [3.63, 3.8) is 0 Å². The van der Waals surface area contributed by atoms with Crippen molar-refractivity contribution in [1.29, 1.82) is 0 Å². The van der Waals surface area contributed by atoms with Crippen LogP contribution in [0.25, 0.3) is 5.57 Å². The van der Waals surface area contributed by atoms with Gasteiger partial charge in [0.1, 0.15) is 0 Å². The highest BCUT2D eigenvalue weighted by Gasteiger charge is 2.19. The van der Waals surface area contributed by atoms with Crippen molar-refractivity contribution in [3.8, 4) is 0 Å². The summed E-state index contributed by atoms with van der Waals surface area (Å²) in [4.78, 5) is 2.22. The Morgan fingerprint density at radius 3 is 2.59 bits per heavy atom. The first-order chi connectivity index (χ1) is 10.7. The van der Waals surface area contributed by atoms with E-state index in [9.17, 15) is 0 Å². The average molecular weight is 312 g/mol. The van der Waals surface area contributed by atoms with Gasteiger partial charge in [0.15, 0.2) is 0 Å². The average Bonchev–Trinajstić information content (AvgIpc) is 2.66. The van der Waals surface area contributed by atoms with E-state index in [1.807, 2.05) is 6.07 Å². The van der Waals surface area contributed by atoms with Gasteiger partial charge in [0.05, 0.1) is 0 Å². The lowest BCUT2D eigenvalue weighted by Crippen LogP contribution is -2.12. The molecule has 0 amide bonds. The summed E-state index contributed by atoms with van der Waals surface area (Å²) in [5, 5.41) is 0.892. The molecule has 0 unspecified atom stereocenters. The van der Waals surface area contributed by atoms with Crippen LogP contribution in [0.4, 0.5) is 0 Å². The number of hydrogen-bond donors (Lipinski definition) is 0. The third-order valence-electron chi connectivity index (χ3n) is 4.29. The van der Waals surface area contributed by atoms with Gasteiger partial charge in [-0.15, -0.1) is 0 Å². The molecule has 0 N–H and O–H groups in total. The van der Waals surface area contributed by atoms with Crippen LogP contribution >= 0.6 is 11.6 Å². The van der Waals surface area contributed by atoms with Crippen LogP contribution in [0.1, 0.15) is 28.7 Å². The van der Waals surface area contributed by atoms with Crippen molar-refractivity contribution in [2.75, 3.05) is 20.6 Å². The monoisotopic (exact) mass is 311 g/mol. The summed E-state index contributed by atoms with van der Waals surface area (Å²) in [7, 11) is 4.23. The van der Waals surface area contributed by atoms with Gasteiger partial charge in [0, 0.05) is 11.6 Å². The van der Waals surface area contributed by atoms with Crippen molar-refractivity contribution >= 4 is 17.2 Å². The van der Waals surface area contributed by atoms with E-state index >= 15 is 0 Å². The van der Waals surface area contributed by atoms with E-state index in [4.69, 9.17) is 11.6 Å². The summed E-state index contributed by atoms with van der Waals surface area (Å²) >= 11 is 6.47. The van der Waals surface area contributed by atoms with Crippen molar-refractivity contribution in [2.24, 2.45) is 0 Å². The smallest absolute Gasteiger partial charge is 0.0444 e. The molecule has 2 aromatic carbocycles. The van der Waals surface area contributed by atoms with E-state index < -0.39 is 0 Å². The van der Waals surface area contributed by atoms with E-state index in [1.165, 1.54) is 27.8 Å². The first-order valence-corrected chi connectivity index (χ1v) is 8.25. The summed E-state index contributed by atoms with van der Waals surface area (Å²) < 4.78 is 0. The largest absolute Gasteiger partial charge is 0.309 e. The first kappa shape index (κ1) is 15.3. The maximum absolute atomic E-state index is 6.47. The molecule has 0 saturated carbocycles. The van der Waals surface area contributed by atoms with Crippen LogP contribution < -0.4 is 0 Å². The Morgan fingerprint density at radius 1 is 1.00 bits per heavy atom. The number of hydrogen-bond acceptors (Lipinski definition) is 1. The Hall–Kier alpha value is -1.57. The molecule has 0 spiro atoms. The van der Waals surface area contributed by atoms with Crippen LogP contribution in [0.15, 0.2) is 48.5 Å². The van der Waals surface area contributed by atoms with E-state index in [2.05, 4.69) is 61.5 Å². The molecular formula is C20H22ClN. The Labute approximate surface area is 138 Å². The summed E-state index contributed by atoms with van der Waals surface area (Å²) in [6.07, 6.45) is 5.48. The molecule has 0 radical (unpaired) electrons. The highest BCUT2D eigenvalue weighted by Crippen LogP contribution is 2.36. The van der Waals surface area contributed by atoms with E-state index in [0.717, 1.165) is 30.8 Å². The highest BCUT2D eigenvalue weighted by atomic mass is 35.5. The minimum absolute atomic E-state index is 0.892. The van der Waals surface area contributed by atoms with Gasteiger partial charge in [-0.3, -0.25) is 0 Å². The molecule has 1 aliphatic carbocycles. The lowest BCUT2D eigenvalue weighted by Gasteiger charge is -2.14. The maximum Gasteiger partial charge on any atom is 0.0444 e. The quantitative estimate of drug-likeness (QED) is 0.785. The molecule has 2 heteroatoms. The molecule has 0 fully saturated rings. The molecule has 22 heavy (non-hydrogen) atoms. The van der Waals surface area contributed by atoms with Crippen LogP contribution in [-0.4, -0.2) is 25.5 Å². The van der Waals surface area contributed by atoms with Crippen molar-refractivity contribution < 1.29 is 0 Å². The molecule has 1 nitrogen and oxygen atoms in total. The van der Waals surface area contributed by atoms with Crippen molar-refractivity contribution in [2.45, 2.75) is 19.3 Å². The van der Waals surface area contributed by atoms with Gasteiger partial charge in [0.25, 0.3) is 0 Å². The molecule has 3 rings (SSSR count). The zero-order valence-corrected chi connectivity index (χ0v) is 14.0. The molecule has 0 aliphatic heterocycles. The second kappa shape index (κ2) is 6.68. The van der Waals surface area contributed by atoms with E-state index in [1.54, 1.807) is 0 Å². The Morgan fingerprint density at radius 2 is 1.77 bits per heavy atom. The van der Waals surface area contributed by atoms with Crippen LogP contribution in [-0.2, 0) is 12.8 Å². The number of nitrogens with zero attached hydrogens (tertiary/aromatic N) is 1. The van der Waals surface area contributed by atoms with Gasteiger partial charge < -0.3 is 4.90 Å². The number of halogens is 1. The van der Waals surface area contributed by atoms with Gasteiger partial charge in [-0.1, -0.05) is 54.1 Å². The van der Waals surface area contributed by atoms with Gasteiger partial charge >= 0.3 is 0 Å². The molecule has 0 heterocycles. The molecule has 0 saturated heterocycles. The predicted molar refractivity (Wildman–Crippen MR) is 95.6 cm³/mol. The second-order valence-electron chi connectivity index (χ2n) is 6.13. The fourth-order valence-corrected chi connectivity index (χ4v) is 3.43. The molecule has 0 bridgehead atoms. The van der Waals surface area contributed by atoms with E-state index in [0.29, 0.717) is 0 Å². The third kappa shape index (κ3) is 3.11. The number of benzene rings is 2. The Kier molecular flexibility index (Phi) is 4.66. The first-order valence-electron chi connectivity index (χ1n) is 7.88. The second-order valence-corrected chi connectivity index (χ2v) is 6.54. The van der Waals surface area contributed by atoms with E-state index in [-0.39, 0.29) is 0 Å². The third-order valence-corrected chi connectivity index (χ3v) is 4.64. The lowest BCUT2D eigenvalue weighted by atomic mass is 9.93. The number of fused-ring (bicyclic) bond motifs is 2. The molecule has 0 aromatic heterocycles. The minimum atomic E-state index is 0.892. The summed E-state index contributed by atoms with van der Waals surface area (Å²) in [6, 6.07) is 15.0.